The van der Waals surface area contributed by atoms with Crippen LogP contribution in [0.4, 0.5) is 5.69 Å². The van der Waals surface area contributed by atoms with Crippen LogP contribution in [0.2, 0.25) is 10.0 Å². The van der Waals surface area contributed by atoms with Crippen LogP contribution in [0.5, 0.6) is 5.75 Å². The Bertz CT molecular complexity index is 787. The van der Waals surface area contributed by atoms with E-state index in [-0.39, 0.29) is 10.0 Å². The molecule has 110 valence electrons. The Morgan fingerprint density at radius 3 is 2.14 bits per heavy atom. The molecular formula is C12H7Cl2NO5S. The summed E-state index contributed by atoms with van der Waals surface area (Å²) < 4.78 is 29.2. The molecule has 2 aromatic rings. The molecular weight excluding hydrogens is 341 g/mol. The van der Waals surface area contributed by atoms with Crippen LogP contribution in [0.3, 0.4) is 0 Å². The molecule has 6 nitrogen and oxygen atoms in total. The minimum atomic E-state index is -4.40. The third kappa shape index (κ3) is 3.26. The largest absolute Gasteiger partial charge is 0.371 e. The van der Waals surface area contributed by atoms with Gasteiger partial charge in [0.2, 0.25) is 5.75 Å². The van der Waals surface area contributed by atoms with Crippen molar-refractivity contribution in [3.63, 3.8) is 0 Å². The second-order valence-corrected chi connectivity index (χ2v) is 6.11. The number of benzene rings is 2. The lowest BCUT2D eigenvalue weighted by Gasteiger charge is -2.09. The molecule has 0 N–H and O–H groups in total. The summed E-state index contributed by atoms with van der Waals surface area (Å²) in [7, 11) is -4.40. The van der Waals surface area contributed by atoms with E-state index in [1.54, 1.807) is 0 Å². The van der Waals surface area contributed by atoms with Crippen molar-refractivity contribution in [1.82, 2.24) is 0 Å². The van der Waals surface area contributed by atoms with Gasteiger partial charge < -0.3 is 4.18 Å². The second kappa shape index (κ2) is 5.88. The number of hydrogen-bond donors (Lipinski definition) is 0. The zero-order chi connectivity index (χ0) is 15.6. The molecule has 0 radical (unpaired) electrons. The van der Waals surface area contributed by atoms with Gasteiger partial charge in [0.05, 0.1) is 15.0 Å². The molecule has 0 amide bonds. The van der Waals surface area contributed by atoms with Crippen molar-refractivity contribution in [2.45, 2.75) is 4.90 Å². The first-order valence-electron chi connectivity index (χ1n) is 5.45. The predicted octanol–water partition coefficient (Wildman–Crippen LogP) is 3.67. The lowest BCUT2D eigenvalue weighted by atomic mass is 10.3. The lowest BCUT2D eigenvalue weighted by Crippen LogP contribution is -2.12. The normalized spacial score (nSPS) is 11.1. The van der Waals surface area contributed by atoms with E-state index in [2.05, 4.69) is 0 Å². The van der Waals surface area contributed by atoms with Crippen LogP contribution < -0.4 is 4.18 Å². The number of hydrogen-bond acceptors (Lipinski definition) is 5. The molecule has 0 unspecified atom stereocenters. The molecule has 0 heterocycles. The second-order valence-electron chi connectivity index (χ2n) is 3.81. The fraction of sp³-hybridized carbons (Fsp3) is 0. The minimum absolute atomic E-state index is 0.138. The summed E-state index contributed by atoms with van der Waals surface area (Å²) in [5.41, 5.74) is -0.482. The summed E-state index contributed by atoms with van der Waals surface area (Å²) in [6.45, 7) is 0. The fourth-order valence-electron chi connectivity index (χ4n) is 1.56. The zero-order valence-corrected chi connectivity index (χ0v) is 12.5. The highest BCUT2D eigenvalue weighted by atomic mass is 35.5. The summed E-state index contributed by atoms with van der Waals surface area (Å²) in [4.78, 5) is 9.67. The van der Waals surface area contributed by atoms with Gasteiger partial charge in [-0.3, -0.25) is 10.1 Å². The quantitative estimate of drug-likeness (QED) is 0.478. The van der Waals surface area contributed by atoms with Gasteiger partial charge in [0.15, 0.2) is 0 Å². The van der Waals surface area contributed by atoms with Gasteiger partial charge >= 0.3 is 15.8 Å². The van der Waals surface area contributed by atoms with Crippen molar-refractivity contribution in [1.29, 1.82) is 0 Å². The monoisotopic (exact) mass is 347 g/mol. The first-order chi connectivity index (χ1) is 9.83. The number of nitro benzene ring substituents is 1. The molecule has 0 saturated heterocycles. The third-order valence-electron chi connectivity index (χ3n) is 2.43. The Kier molecular flexibility index (Phi) is 4.36. The van der Waals surface area contributed by atoms with Gasteiger partial charge in [-0.25, -0.2) is 0 Å². The Labute approximate surface area is 130 Å². The van der Waals surface area contributed by atoms with E-state index in [1.165, 1.54) is 36.4 Å². The van der Waals surface area contributed by atoms with E-state index in [1.807, 2.05) is 0 Å². The highest BCUT2D eigenvalue weighted by molar-refractivity contribution is 7.87. The smallest absolute Gasteiger partial charge is 0.342 e. The molecule has 0 aliphatic carbocycles. The molecule has 0 bridgehead atoms. The molecule has 2 aromatic carbocycles. The Balaban J connectivity index is 2.51. The zero-order valence-electron chi connectivity index (χ0n) is 10.2. The number of halogens is 2. The van der Waals surface area contributed by atoms with Crippen molar-refractivity contribution in [2.24, 2.45) is 0 Å². The van der Waals surface area contributed by atoms with Crippen LogP contribution >= 0.6 is 23.2 Å². The lowest BCUT2D eigenvalue weighted by molar-refractivity contribution is -0.385. The summed E-state index contributed by atoms with van der Waals surface area (Å²) in [6.07, 6.45) is 0. The standard InChI is InChI=1S/C12H7Cl2NO5S/c13-8-4-3-5-9(14)12(8)21(18,19)20-11-7-2-1-6-10(11)15(16)17/h1-7H. The fourth-order valence-corrected chi connectivity index (χ4v) is 3.60. The van der Waals surface area contributed by atoms with Crippen LogP contribution in [-0.4, -0.2) is 13.3 Å². The number of para-hydroxylation sites is 2. The van der Waals surface area contributed by atoms with Crippen molar-refractivity contribution in [3.8, 4) is 5.75 Å². The van der Waals surface area contributed by atoms with Gasteiger partial charge in [0.25, 0.3) is 0 Å². The maximum atomic E-state index is 12.2. The molecule has 0 saturated carbocycles. The predicted molar refractivity (Wildman–Crippen MR) is 77.4 cm³/mol. The van der Waals surface area contributed by atoms with E-state index >= 15 is 0 Å². The molecule has 0 aromatic heterocycles. The van der Waals surface area contributed by atoms with E-state index in [4.69, 9.17) is 27.4 Å². The maximum absolute atomic E-state index is 12.2. The van der Waals surface area contributed by atoms with Crippen LogP contribution in [0.25, 0.3) is 0 Å². The number of nitrogens with zero attached hydrogens (tertiary/aromatic N) is 1. The Morgan fingerprint density at radius 2 is 1.57 bits per heavy atom. The van der Waals surface area contributed by atoms with Crippen LogP contribution in [0.15, 0.2) is 47.4 Å². The van der Waals surface area contributed by atoms with Gasteiger partial charge in [-0.15, -0.1) is 0 Å². The number of nitro groups is 1. The average Bonchev–Trinajstić information content (AvgIpc) is 2.37. The topological polar surface area (TPSA) is 86.5 Å². The number of rotatable bonds is 4. The Morgan fingerprint density at radius 1 is 1.00 bits per heavy atom. The average molecular weight is 348 g/mol. The third-order valence-corrected chi connectivity index (χ3v) is 4.62. The molecule has 9 heteroatoms. The SMILES string of the molecule is O=[N+]([O-])c1ccccc1OS(=O)(=O)c1c(Cl)cccc1Cl. The van der Waals surface area contributed by atoms with Gasteiger partial charge in [0.1, 0.15) is 4.90 Å². The van der Waals surface area contributed by atoms with Crippen molar-refractivity contribution in [2.75, 3.05) is 0 Å². The van der Waals surface area contributed by atoms with E-state index < -0.39 is 31.4 Å². The molecule has 0 aliphatic heterocycles. The molecule has 2 rings (SSSR count). The first-order valence-corrected chi connectivity index (χ1v) is 7.61. The minimum Gasteiger partial charge on any atom is -0.371 e. The summed E-state index contributed by atoms with van der Waals surface area (Å²) in [6, 6.07) is 9.20. The highest BCUT2D eigenvalue weighted by Crippen LogP contribution is 2.34. The van der Waals surface area contributed by atoms with E-state index in [0.29, 0.717) is 0 Å². The Hall–Kier alpha value is -1.83. The van der Waals surface area contributed by atoms with Crippen molar-refractivity contribution < 1.29 is 17.5 Å². The molecule has 0 aliphatic rings. The first kappa shape index (κ1) is 15.6. The van der Waals surface area contributed by atoms with Crippen LogP contribution in [0, 0.1) is 10.1 Å². The van der Waals surface area contributed by atoms with Crippen LogP contribution in [0.1, 0.15) is 0 Å². The van der Waals surface area contributed by atoms with E-state index in [9.17, 15) is 18.5 Å². The van der Waals surface area contributed by atoms with Gasteiger partial charge in [-0.05, 0) is 18.2 Å². The molecule has 0 spiro atoms. The van der Waals surface area contributed by atoms with E-state index in [0.717, 1.165) is 6.07 Å². The molecule has 0 fully saturated rings. The van der Waals surface area contributed by atoms with Gasteiger partial charge in [-0.2, -0.15) is 8.42 Å². The van der Waals surface area contributed by atoms with Crippen LogP contribution in [-0.2, 0) is 10.1 Å². The highest BCUT2D eigenvalue weighted by Gasteiger charge is 2.27. The van der Waals surface area contributed by atoms with Gasteiger partial charge in [-0.1, -0.05) is 41.4 Å². The summed E-state index contributed by atoms with van der Waals surface area (Å²) >= 11 is 11.6. The maximum Gasteiger partial charge on any atom is 0.342 e. The van der Waals surface area contributed by atoms with Gasteiger partial charge in [0, 0.05) is 6.07 Å². The van der Waals surface area contributed by atoms with Crippen molar-refractivity contribution in [3.05, 3.63) is 62.6 Å². The summed E-state index contributed by atoms with van der Waals surface area (Å²) in [5, 5.41) is 10.6. The summed E-state index contributed by atoms with van der Waals surface area (Å²) in [5.74, 6) is -0.418. The molecule has 21 heavy (non-hydrogen) atoms. The van der Waals surface area contributed by atoms with Crippen molar-refractivity contribution >= 4 is 39.0 Å². The molecule has 0 atom stereocenters.